The van der Waals surface area contributed by atoms with E-state index in [2.05, 4.69) is 4.90 Å². The summed E-state index contributed by atoms with van der Waals surface area (Å²) in [5.74, 6) is 2.05. The number of Topliss-reactive ketones (excluding diaryl/α,β-unsaturated/α-hetero) is 2. The van der Waals surface area contributed by atoms with E-state index in [-0.39, 0.29) is 17.5 Å². The van der Waals surface area contributed by atoms with Crippen molar-refractivity contribution in [2.45, 2.75) is 63.5 Å². The zero-order valence-electron chi connectivity index (χ0n) is 23.8. The standard InChI is InChI=1S/C32H43NO7/c1-37-22-26-7-6-16-33(26)21-25(32(36)24-12-15-30-31(20-24)40-18-17-39-30)19-27(34)8-4-3-5-9-29(35)23-10-13-28(38-2)14-11-23/h10-15,20,25-26,32,36H,3-9,16-19,21-22H2,1-2H3/t25-,26+,32-/m1/s1. The van der Waals surface area contributed by atoms with Gasteiger partial charge in [0.2, 0.25) is 0 Å². The number of methoxy groups -OCH3 is 2. The molecule has 1 N–H and O–H groups in total. The van der Waals surface area contributed by atoms with E-state index in [0.717, 1.165) is 50.0 Å². The highest BCUT2D eigenvalue weighted by Gasteiger charge is 2.32. The van der Waals surface area contributed by atoms with E-state index in [1.807, 2.05) is 18.2 Å². The minimum Gasteiger partial charge on any atom is -0.497 e. The van der Waals surface area contributed by atoms with Crippen LogP contribution in [0.1, 0.15) is 73.4 Å². The highest BCUT2D eigenvalue weighted by atomic mass is 16.6. The monoisotopic (exact) mass is 553 g/mol. The van der Waals surface area contributed by atoms with Gasteiger partial charge in [-0.05, 0) is 74.2 Å². The van der Waals surface area contributed by atoms with Crippen molar-refractivity contribution < 1.29 is 33.6 Å². The number of rotatable bonds is 16. The lowest BCUT2D eigenvalue weighted by Gasteiger charge is -2.31. The molecule has 3 atom stereocenters. The quantitative estimate of drug-likeness (QED) is 0.229. The molecule has 0 bridgehead atoms. The van der Waals surface area contributed by atoms with Gasteiger partial charge in [0, 0.05) is 50.4 Å². The Hall–Kier alpha value is -2.94. The highest BCUT2D eigenvalue weighted by Crippen LogP contribution is 2.36. The number of hydrogen-bond acceptors (Lipinski definition) is 8. The summed E-state index contributed by atoms with van der Waals surface area (Å²) in [6, 6.07) is 13.0. The topological polar surface area (TPSA) is 94.5 Å². The number of unbranched alkanes of at least 4 members (excludes halogenated alkanes) is 2. The number of nitrogens with zero attached hydrogens (tertiary/aromatic N) is 1. The summed E-state index contributed by atoms with van der Waals surface area (Å²) >= 11 is 0. The van der Waals surface area contributed by atoms with Gasteiger partial charge in [0.25, 0.3) is 0 Å². The molecule has 0 amide bonds. The van der Waals surface area contributed by atoms with Gasteiger partial charge in [0.1, 0.15) is 24.7 Å². The molecule has 4 rings (SSSR count). The van der Waals surface area contributed by atoms with Crippen LogP contribution in [0.25, 0.3) is 0 Å². The smallest absolute Gasteiger partial charge is 0.162 e. The van der Waals surface area contributed by atoms with Gasteiger partial charge < -0.3 is 24.1 Å². The molecule has 2 aliphatic rings. The third-order valence-electron chi connectivity index (χ3n) is 7.94. The maximum Gasteiger partial charge on any atom is 0.162 e. The zero-order valence-corrected chi connectivity index (χ0v) is 23.8. The van der Waals surface area contributed by atoms with Crippen LogP contribution in [-0.2, 0) is 9.53 Å². The van der Waals surface area contributed by atoms with Crippen LogP contribution in [0.15, 0.2) is 42.5 Å². The molecule has 2 aliphatic heterocycles. The first-order chi connectivity index (χ1) is 19.5. The first-order valence-corrected chi connectivity index (χ1v) is 14.5. The Kier molecular flexibility index (Phi) is 11.4. The van der Waals surface area contributed by atoms with Crippen molar-refractivity contribution in [3.63, 3.8) is 0 Å². The van der Waals surface area contributed by atoms with Crippen molar-refractivity contribution >= 4 is 11.6 Å². The highest BCUT2D eigenvalue weighted by molar-refractivity contribution is 5.96. The molecule has 1 saturated heterocycles. The molecule has 0 radical (unpaired) electrons. The zero-order chi connectivity index (χ0) is 28.3. The molecule has 218 valence electrons. The van der Waals surface area contributed by atoms with Gasteiger partial charge in [-0.1, -0.05) is 12.5 Å². The summed E-state index contributed by atoms with van der Waals surface area (Å²) in [5.41, 5.74) is 1.42. The second-order valence-electron chi connectivity index (χ2n) is 10.8. The first kappa shape index (κ1) is 30.0. The number of carbonyl (C=O) groups excluding carboxylic acids is 2. The van der Waals surface area contributed by atoms with Gasteiger partial charge in [0.15, 0.2) is 17.3 Å². The number of carbonyl (C=O) groups is 2. The molecule has 0 saturated carbocycles. The first-order valence-electron chi connectivity index (χ1n) is 14.5. The second kappa shape index (κ2) is 15.2. The normalized spacial score (nSPS) is 18.3. The Bertz CT molecular complexity index is 1100. The Morgan fingerprint density at radius 2 is 1.75 bits per heavy atom. The minimum atomic E-state index is -0.800. The van der Waals surface area contributed by atoms with E-state index in [1.54, 1.807) is 38.5 Å². The van der Waals surface area contributed by atoms with Crippen molar-refractivity contribution in [2.75, 3.05) is 47.1 Å². The predicted molar refractivity (Wildman–Crippen MR) is 152 cm³/mol. The fourth-order valence-electron chi connectivity index (χ4n) is 5.71. The Morgan fingerprint density at radius 3 is 2.50 bits per heavy atom. The van der Waals surface area contributed by atoms with Crippen LogP contribution < -0.4 is 14.2 Å². The van der Waals surface area contributed by atoms with E-state index in [1.165, 1.54) is 0 Å². The van der Waals surface area contributed by atoms with Crippen molar-refractivity contribution in [3.05, 3.63) is 53.6 Å². The average Bonchev–Trinajstić information content (AvgIpc) is 3.42. The third-order valence-corrected chi connectivity index (χ3v) is 7.94. The van der Waals surface area contributed by atoms with Gasteiger partial charge in [0.05, 0.1) is 19.8 Å². The maximum atomic E-state index is 13.1. The number of aliphatic hydroxyl groups is 1. The van der Waals surface area contributed by atoms with E-state index in [0.29, 0.717) is 68.7 Å². The molecule has 8 heteroatoms. The van der Waals surface area contributed by atoms with Gasteiger partial charge in [-0.2, -0.15) is 0 Å². The number of benzene rings is 2. The number of aliphatic hydroxyl groups excluding tert-OH is 1. The lowest BCUT2D eigenvalue weighted by atomic mass is 9.89. The van der Waals surface area contributed by atoms with Crippen molar-refractivity contribution in [3.8, 4) is 17.2 Å². The fraction of sp³-hybridized carbons (Fsp3) is 0.562. The molecule has 0 aromatic heterocycles. The van der Waals surface area contributed by atoms with E-state index < -0.39 is 6.10 Å². The summed E-state index contributed by atoms with van der Waals surface area (Å²) in [4.78, 5) is 27.9. The van der Waals surface area contributed by atoms with Gasteiger partial charge >= 0.3 is 0 Å². The molecule has 2 heterocycles. The molecule has 0 spiro atoms. The molecule has 0 aliphatic carbocycles. The Balaban J connectivity index is 1.30. The Labute approximate surface area is 237 Å². The van der Waals surface area contributed by atoms with Crippen LogP contribution in [0, 0.1) is 5.92 Å². The molecule has 1 fully saturated rings. The van der Waals surface area contributed by atoms with Crippen LogP contribution in [0.2, 0.25) is 0 Å². The predicted octanol–water partition coefficient (Wildman–Crippen LogP) is 5.02. The van der Waals surface area contributed by atoms with Crippen LogP contribution in [0.3, 0.4) is 0 Å². The third kappa shape index (κ3) is 8.29. The molecule has 40 heavy (non-hydrogen) atoms. The molecule has 2 aromatic rings. The average molecular weight is 554 g/mol. The van der Waals surface area contributed by atoms with Crippen LogP contribution in [0.4, 0.5) is 0 Å². The molecule has 0 unspecified atom stereocenters. The van der Waals surface area contributed by atoms with Gasteiger partial charge in [-0.15, -0.1) is 0 Å². The van der Waals surface area contributed by atoms with E-state index in [9.17, 15) is 14.7 Å². The summed E-state index contributed by atoms with van der Waals surface area (Å²) in [5, 5.41) is 11.5. The maximum absolute atomic E-state index is 13.1. The van der Waals surface area contributed by atoms with Gasteiger partial charge in [-0.3, -0.25) is 14.5 Å². The molecule has 2 aromatic carbocycles. The Morgan fingerprint density at radius 1 is 1.00 bits per heavy atom. The number of fused-ring (bicyclic) bond motifs is 1. The SMILES string of the molecule is COC[C@@H]1CCCN1C[C@@H](CC(=O)CCCCCC(=O)c1ccc(OC)cc1)[C@H](O)c1ccc2c(c1)OCCO2. The van der Waals surface area contributed by atoms with Crippen LogP contribution in [-0.4, -0.2) is 74.7 Å². The number of ether oxygens (including phenoxy) is 4. The largest absolute Gasteiger partial charge is 0.497 e. The van der Waals surface area contributed by atoms with Crippen molar-refractivity contribution in [2.24, 2.45) is 5.92 Å². The van der Waals surface area contributed by atoms with Crippen LogP contribution in [0.5, 0.6) is 17.2 Å². The summed E-state index contributed by atoms with van der Waals surface area (Å²) < 4.78 is 21.9. The second-order valence-corrected chi connectivity index (χ2v) is 10.8. The molecular weight excluding hydrogens is 510 g/mol. The lowest BCUT2D eigenvalue weighted by Crippen LogP contribution is -2.39. The summed E-state index contributed by atoms with van der Waals surface area (Å²) in [7, 11) is 3.32. The molecule has 8 nitrogen and oxygen atoms in total. The number of hydrogen-bond donors (Lipinski definition) is 1. The van der Waals surface area contributed by atoms with Crippen molar-refractivity contribution in [1.29, 1.82) is 0 Å². The van der Waals surface area contributed by atoms with Gasteiger partial charge in [-0.25, -0.2) is 0 Å². The number of likely N-dealkylation sites (tertiary alicyclic amines) is 1. The fourth-order valence-corrected chi connectivity index (χ4v) is 5.71. The minimum absolute atomic E-state index is 0.104. The van der Waals surface area contributed by atoms with Crippen LogP contribution >= 0.6 is 0 Å². The summed E-state index contributed by atoms with van der Waals surface area (Å²) in [6.45, 7) is 3.21. The van der Waals surface area contributed by atoms with Crippen molar-refractivity contribution in [1.82, 2.24) is 4.90 Å². The lowest BCUT2D eigenvalue weighted by molar-refractivity contribution is -0.121. The summed E-state index contributed by atoms with van der Waals surface area (Å²) in [6.07, 6.45) is 4.84. The molecular formula is C32H43NO7. The van der Waals surface area contributed by atoms with E-state index in [4.69, 9.17) is 18.9 Å². The van der Waals surface area contributed by atoms with E-state index >= 15 is 0 Å². The number of ketones is 2.